The second kappa shape index (κ2) is 13.8. The van der Waals surface area contributed by atoms with Crippen LogP contribution in [0.5, 0.6) is 0 Å². The van der Waals surface area contributed by atoms with Crippen LogP contribution in [0.25, 0.3) is 0 Å². The summed E-state index contributed by atoms with van der Waals surface area (Å²) in [5, 5.41) is 10.5. The van der Waals surface area contributed by atoms with Crippen molar-refractivity contribution in [2.24, 2.45) is 23.5 Å². The SMILES string of the molecule is C=C1C[C@@H]2CC[C@@]34C[C@H]5OC6[C@@H](O[C@H]7CCC(CC(=O)C[C@@H]8[C@@H](C)[C@@H](C[C@H](O)CN)O[C@H]8CC8O[C@@H](CCC1O2)C[C@@H](C)C8=C)O[C@@H]7[C@@H]6O3)C5O4. The van der Waals surface area contributed by atoms with Crippen molar-refractivity contribution in [1.29, 1.82) is 0 Å². The molecule has 0 amide bonds. The van der Waals surface area contributed by atoms with Crippen LogP contribution in [0.15, 0.2) is 24.3 Å². The molecular weight excluding hydrogens is 654 g/mol. The minimum absolute atomic E-state index is 0.00127. The number of rotatable bonds is 3. The topological polar surface area (TPSA) is 137 Å². The largest absolute Gasteiger partial charge is 0.392 e. The van der Waals surface area contributed by atoms with Crippen molar-refractivity contribution in [3.8, 4) is 0 Å². The van der Waals surface area contributed by atoms with Gasteiger partial charge < -0.3 is 48.7 Å². The van der Waals surface area contributed by atoms with Crippen LogP contribution in [0.2, 0.25) is 0 Å². The Labute approximate surface area is 302 Å². The molecule has 0 aromatic heterocycles. The Hall–Kier alpha value is -1.25. The smallest absolute Gasteiger partial charge is 0.172 e. The molecule has 12 bridgehead atoms. The van der Waals surface area contributed by atoms with Gasteiger partial charge in [-0.1, -0.05) is 27.0 Å². The number of carbonyl (C=O) groups excluding carboxylic acids is 1. The highest BCUT2D eigenvalue weighted by Gasteiger charge is 2.68. The summed E-state index contributed by atoms with van der Waals surface area (Å²) in [6, 6.07) is 0. The maximum absolute atomic E-state index is 14.0. The van der Waals surface area contributed by atoms with E-state index >= 15 is 0 Å². The van der Waals surface area contributed by atoms with Crippen LogP contribution in [0.4, 0.5) is 0 Å². The molecule has 0 aromatic rings. The Kier molecular flexibility index (Phi) is 9.59. The fourth-order valence-corrected chi connectivity index (χ4v) is 11.3. The van der Waals surface area contributed by atoms with Crippen molar-refractivity contribution in [2.75, 3.05) is 6.54 Å². The highest BCUT2D eigenvalue weighted by Crippen LogP contribution is 2.54. The van der Waals surface area contributed by atoms with E-state index < -0.39 is 11.9 Å². The summed E-state index contributed by atoms with van der Waals surface area (Å²) in [4.78, 5) is 14.0. The second-order valence-corrected chi connectivity index (χ2v) is 17.6. The lowest BCUT2D eigenvalue weighted by Gasteiger charge is -2.47. The first-order valence-electron chi connectivity index (χ1n) is 20.1. The lowest BCUT2D eigenvalue weighted by atomic mass is 9.78. The number of aliphatic hydroxyl groups is 1. The number of hydrogen-bond donors (Lipinski definition) is 2. The predicted molar refractivity (Wildman–Crippen MR) is 185 cm³/mol. The number of hydrogen-bond acceptors (Lipinski definition) is 11. The fraction of sp³-hybridized carbons (Fsp3) is 0.875. The fourth-order valence-electron chi connectivity index (χ4n) is 11.3. The molecule has 19 atom stereocenters. The first kappa shape index (κ1) is 35.5. The predicted octanol–water partition coefficient (Wildman–Crippen LogP) is 4.06. The number of Topliss-reactive ketones (excluding diaryl/α,β-unsaturated/α-hetero) is 1. The van der Waals surface area contributed by atoms with Crippen LogP contribution in [-0.4, -0.2) is 115 Å². The Balaban J connectivity index is 0.986. The Bertz CT molecular complexity index is 1360. The summed E-state index contributed by atoms with van der Waals surface area (Å²) in [7, 11) is 0. The summed E-state index contributed by atoms with van der Waals surface area (Å²) in [5.74, 6) is -0.222. The third-order valence-electron chi connectivity index (χ3n) is 14.2. The Morgan fingerprint density at radius 2 is 1.51 bits per heavy atom. The van der Waals surface area contributed by atoms with E-state index in [0.29, 0.717) is 44.4 Å². The molecule has 10 heterocycles. The van der Waals surface area contributed by atoms with Gasteiger partial charge in [-0.2, -0.15) is 0 Å². The lowest BCUT2D eigenvalue weighted by molar-refractivity contribution is -0.292. The van der Waals surface area contributed by atoms with Crippen molar-refractivity contribution in [1.82, 2.24) is 0 Å². The van der Waals surface area contributed by atoms with Gasteiger partial charge in [-0.3, -0.25) is 4.79 Å². The van der Waals surface area contributed by atoms with Crippen molar-refractivity contribution >= 4 is 5.78 Å². The van der Waals surface area contributed by atoms with Crippen LogP contribution in [0.3, 0.4) is 0 Å². The highest BCUT2D eigenvalue weighted by molar-refractivity contribution is 5.79. The monoisotopic (exact) mass is 713 g/mol. The van der Waals surface area contributed by atoms with Crippen molar-refractivity contribution < 1.29 is 47.8 Å². The van der Waals surface area contributed by atoms with E-state index in [9.17, 15) is 9.90 Å². The van der Waals surface area contributed by atoms with Gasteiger partial charge >= 0.3 is 0 Å². The molecule has 51 heavy (non-hydrogen) atoms. The van der Waals surface area contributed by atoms with E-state index in [-0.39, 0.29) is 110 Å². The van der Waals surface area contributed by atoms with E-state index in [4.69, 9.17) is 43.6 Å². The van der Waals surface area contributed by atoms with Crippen LogP contribution < -0.4 is 5.73 Å². The quantitative estimate of drug-likeness (QED) is 0.410. The normalized spacial score (nSPS) is 53.2. The lowest BCUT2D eigenvalue weighted by Crippen LogP contribution is -2.61. The van der Waals surface area contributed by atoms with Crippen LogP contribution in [-0.2, 0) is 42.7 Å². The molecule has 10 rings (SSSR count). The molecule has 10 fully saturated rings. The van der Waals surface area contributed by atoms with Gasteiger partial charge in [-0.15, -0.1) is 0 Å². The molecule has 284 valence electrons. The average Bonchev–Trinajstić information content (AvgIpc) is 3.77. The van der Waals surface area contributed by atoms with Gasteiger partial charge in [-0.05, 0) is 73.8 Å². The first-order valence-corrected chi connectivity index (χ1v) is 20.1. The standard InChI is InChI=1S/C40H59NO10/c1-19-11-25-5-7-29-20(2)12-27(44-29)9-10-40-17-34-36(50-40)37-38(49-34)39(51-40)35-30(48-37)8-6-26(46-35)13-23(42)14-28-22(4)31(15-24(43)18-41)47-33(28)16-32(45-25)21(19)3/h19,22,24-39,43H,2-3,5-18,41H2,1,4H3/t19-,22-,24+,25+,26?,27+,28-,29?,30+,31-,32?,33+,34-,35+,36?,37+,38?,39+,40+/m1/s1. The number of carbonyl (C=O) groups is 1. The van der Waals surface area contributed by atoms with E-state index in [2.05, 4.69) is 27.0 Å². The summed E-state index contributed by atoms with van der Waals surface area (Å²) < 4.78 is 54.0. The van der Waals surface area contributed by atoms with Gasteiger partial charge in [0, 0.05) is 45.1 Å². The maximum atomic E-state index is 14.0. The summed E-state index contributed by atoms with van der Waals surface area (Å²) in [6.45, 7) is 13.5. The van der Waals surface area contributed by atoms with E-state index in [1.54, 1.807) is 0 Å². The molecule has 10 aliphatic heterocycles. The number of ether oxygens (including phenoxy) is 8. The van der Waals surface area contributed by atoms with Gasteiger partial charge in [0.05, 0.1) is 61.0 Å². The molecule has 1 spiro atoms. The maximum Gasteiger partial charge on any atom is 0.172 e. The van der Waals surface area contributed by atoms with Crippen molar-refractivity contribution in [2.45, 2.75) is 195 Å². The zero-order valence-electron chi connectivity index (χ0n) is 30.4. The summed E-state index contributed by atoms with van der Waals surface area (Å²) in [5.41, 5.74) is 8.06. The minimum atomic E-state index is -0.765. The molecule has 11 nitrogen and oxygen atoms in total. The molecule has 3 N–H and O–H groups in total. The molecule has 0 aromatic carbocycles. The number of fused-ring (bicyclic) bond motifs is 6. The third-order valence-corrected chi connectivity index (χ3v) is 14.2. The van der Waals surface area contributed by atoms with Gasteiger partial charge in [0.25, 0.3) is 0 Å². The second-order valence-electron chi connectivity index (χ2n) is 17.6. The average molecular weight is 714 g/mol. The molecule has 0 radical (unpaired) electrons. The summed E-state index contributed by atoms with van der Waals surface area (Å²) in [6.07, 6.45) is 6.43. The van der Waals surface area contributed by atoms with Crippen LogP contribution in [0, 0.1) is 17.8 Å². The van der Waals surface area contributed by atoms with E-state index in [1.807, 2.05) is 0 Å². The highest BCUT2D eigenvalue weighted by atomic mass is 16.8. The molecule has 10 aliphatic rings. The molecule has 10 saturated heterocycles. The van der Waals surface area contributed by atoms with Gasteiger partial charge in [0.1, 0.15) is 36.3 Å². The Morgan fingerprint density at radius 1 is 0.765 bits per heavy atom. The minimum Gasteiger partial charge on any atom is -0.392 e. The number of ketones is 1. The number of aliphatic hydroxyl groups excluding tert-OH is 1. The van der Waals surface area contributed by atoms with Crippen molar-refractivity contribution in [3.63, 3.8) is 0 Å². The molecule has 0 saturated carbocycles. The Morgan fingerprint density at radius 3 is 2.35 bits per heavy atom. The zero-order chi connectivity index (χ0) is 35.2. The third kappa shape index (κ3) is 6.53. The van der Waals surface area contributed by atoms with Crippen molar-refractivity contribution in [3.05, 3.63) is 24.3 Å². The van der Waals surface area contributed by atoms with Crippen LogP contribution >= 0.6 is 0 Å². The zero-order valence-corrected chi connectivity index (χ0v) is 30.4. The first-order chi connectivity index (χ1) is 24.6. The van der Waals surface area contributed by atoms with Crippen LogP contribution in [0.1, 0.15) is 97.3 Å². The van der Waals surface area contributed by atoms with E-state index in [1.165, 1.54) is 0 Å². The molecular formula is C40H59NO10. The summed E-state index contributed by atoms with van der Waals surface area (Å²) >= 11 is 0. The van der Waals surface area contributed by atoms with E-state index in [0.717, 1.165) is 56.1 Å². The molecule has 0 aliphatic carbocycles. The van der Waals surface area contributed by atoms with Gasteiger partial charge in [0.2, 0.25) is 0 Å². The number of nitrogens with two attached hydrogens (primary N) is 1. The van der Waals surface area contributed by atoms with Gasteiger partial charge in [0.15, 0.2) is 5.79 Å². The van der Waals surface area contributed by atoms with Gasteiger partial charge in [-0.25, -0.2) is 0 Å². The molecule has 5 unspecified atom stereocenters. The molecule has 11 heteroatoms.